The third-order valence-electron chi connectivity index (χ3n) is 3.62. The average molecular weight is 486 g/mol. The third-order valence-corrected chi connectivity index (χ3v) is 4.11. The van der Waals surface area contributed by atoms with E-state index >= 15 is 0 Å². The van der Waals surface area contributed by atoms with Crippen molar-refractivity contribution in [2.24, 2.45) is 5.10 Å². The van der Waals surface area contributed by atoms with Crippen molar-refractivity contribution in [2.45, 2.75) is 25.9 Å². The number of carbonyl (C=O) groups excluding carboxylic acids is 2. The van der Waals surface area contributed by atoms with E-state index in [9.17, 15) is 22.8 Å². The topological polar surface area (TPSA) is 79.8 Å². The van der Waals surface area contributed by atoms with Gasteiger partial charge in [0.05, 0.1) is 18.4 Å². The highest BCUT2D eigenvalue weighted by atomic mass is 79.9. The van der Waals surface area contributed by atoms with Crippen LogP contribution in [0.25, 0.3) is 0 Å². The van der Waals surface area contributed by atoms with Crippen molar-refractivity contribution in [1.82, 2.24) is 5.43 Å². The number of carbonyl (C=O) groups is 2. The highest BCUT2D eigenvalue weighted by Gasteiger charge is 2.30. The molecule has 0 spiro atoms. The van der Waals surface area contributed by atoms with E-state index in [-0.39, 0.29) is 5.69 Å². The molecular weight excluding hydrogens is 467 g/mol. The predicted octanol–water partition coefficient (Wildman–Crippen LogP) is 4.74. The molecule has 0 saturated heterocycles. The van der Waals surface area contributed by atoms with Crippen molar-refractivity contribution in [3.05, 3.63) is 58.1 Å². The van der Waals surface area contributed by atoms with Gasteiger partial charge in [-0.3, -0.25) is 9.59 Å². The molecule has 2 N–H and O–H groups in total. The molecule has 30 heavy (non-hydrogen) atoms. The number of hydrazone groups is 1. The van der Waals surface area contributed by atoms with Crippen LogP contribution in [0.2, 0.25) is 0 Å². The van der Waals surface area contributed by atoms with Crippen LogP contribution in [-0.2, 0) is 15.8 Å². The quantitative estimate of drug-likeness (QED) is 0.322. The van der Waals surface area contributed by atoms with Crippen molar-refractivity contribution in [3.63, 3.8) is 0 Å². The van der Waals surface area contributed by atoms with Crippen LogP contribution in [0.1, 0.15) is 30.9 Å². The van der Waals surface area contributed by atoms with E-state index in [2.05, 4.69) is 31.8 Å². The van der Waals surface area contributed by atoms with Gasteiger partial charge in [-0.2, -0.15) is 18.3 Å². The Labute approximate surface area is 179 Å². The average Bonchev–Trinajstić information content (AvgIpc) is 2.66. The smallest absolute Gasteiger partial charge is 0.416 e. The number of nitrogens with one attached hydrogen (secondary N) is 2. The summed E-state index contributed by atoms with van der Waals surface area (Å²) in [6.45, 7) is 2.49. The Bertz CT molecular complexity index is 933. The maximum atomic E-state index is 12.7. The summed E-state index contributed by atoms with van der Waals surface area (Å²) in [6.07, 6.45) is -2.94. The minimum absolute atomic E-state index is 0.0574. The van der Waals surface area contributed by atoms with E-state index in [0.717, 1.165) is 23.0 Å². The van der Waals surface area contributed by atoms with E-state index in [4.69, 9.17) is 4.74 Å². The van der Waals surface area contributed by atoms with Gasteiger partial charge in [0, 0.05) is 15.7 Å². The van der Waals surface area contributed by atoms with E-state index in [1.165, 1.54) is 18.3 Å². The van der Waals surface area contributed by atoms with E-state index < -0.39 is 30.0 Å². The van der Waals surface area contributed by atoms with Crippen LogP contribution in [-0.4, -0.2) is 24.6 Å². The third kappa shape index (κ3) is 7.51. The molecule has 160 valence electrons. The van der Waals surface area contributed by atoms with E-state index in [1.54, 1.807) is 18.2 Å². The Balaban J connectivity index is 1.92. The predicted molar refractivity (Wildman–Crippen MR) is 110 cm³/mol. The lowest BCUT2D eigenvalue weighted by Gasteiger charge is -2.09. The first-order chi connectivity index (χ1) is 14.2. The molecule has 10 heteroatoms. The molecule has 0 aliphatic heterocycles. The van der Waals surface area contributed by atoms with Crippen molar-refractivity contribution >= 4 is 39.6 Å². The molecule has 0 atom stereocenters. The molecule has 0 bridgehead atoms. The van der Waals surface area contributed by atoms with Crippen LogP contribution >= 0.6 is 15.9 Å². The minimum Gasteiger partial charge on any atom is -0.493 e. The fraction of sp³-hybridized carbons (Fsp3) is 0.250. The number of alkyl halides is 3. The van der Waals surface area contributed by atoms with Crippen molar-refractivity contribution in [3.8, 4) is 5.75 Å². The second-order valence-corrected chi connectivity index (χ2v) is 7.04. The van der Waals surface area contributed by atoms with Crippen molar-refractivity contribution in [2.75, 3.05) is 11.9 Å². The summed E-state index contributed by atoms with van der Waals surface area (Å²) in [7, 11) is 0. The number of nitrogens with zero attached hydrogens (tertiary/aromatic N) is 1. The molecule has 6 nitrogen and oxygen atoms in total. The summed E-state index contributed by atoms with van der Waals surface area (Å²) in [5, 5.41) is 6.06. The lowest BCUT2D eigenvalue weighted by molar-refractivity contribution is -0.137. The summed E-state index contributed by atoms with van der Waals surface area (Å²) in [6, 6.07) is 9.45. The van der Waals surface area contributed by atoms with Crippen LogP contribution in [0.3, 0.4) is 0 Å². The SMILES string of the molecule is CCCOc1ccc(Br)cc1C=NNC(=O)CC(=O)Nc1cccc(C(F)(F)F)c1. The molecule has 0 heterocycles. The maximum Gasteiger partial charge on any atom is 0.416 e. The van der Waals surface area contributed by atoms with Gasteiger partial charge in [-0.15, -0.1) is 0 Å². The van der Waals surface area contributed by atoms with Crippen molar-refractivity contribution < 1.29 is 27.5 Å². The number of rotatable bonds is 8. The Morgan fingerprint density at radius 3 is 2.63 bits per heavy atom. The first-order valence-electron chi connectivity index (χ1n) is 8.90. The standard InChI is InChI=1S/C20H19BrF3N3O3/c1-2-8-30-17-7-6-15(21)9-13(17)12-25-27-19(29)11-18(28)26-16-5-3-4-14(10-16)20(22,23)24/h3-7,9-10,12H,2,8,11H2,1H3,(H,26,28)(H,27,29). The summed E-state index contributed by atoms with van der Waals surface area (Å²) in [5.74, 6) is -0.904. The van der Waals surface area contributed by atoms with Gasteiger partial charge in [0.25, 0.3) is 0 Å². The molecule has 0 aliphatic rings. The second-order valence-electron chi connectivity index (χ2n) is 6.13. The summed E-state index contributed by atoms with van der Waals surface area (Å²) in [5.41, 5.74) is 1.87. The zero-order chi connectivity index (χ0) is 22.1. The molecule has 2 rings (SSSR count). The lowest BCUT2D eigenvalue weighted by Crippen LogP contribution is -2.24. The Morgan fingerprint density at radius 2 is 1.93 bits per heavy atom. The molecule has 2 amide bonds. The molecule has 0 aliphatic carbocycles. The first-order valence-corrected chi connectivity index (χ1v) is 9.69. The first kappa shape index (κ1) is 23.4. The summed E-state index contributed by atoms with van der Waals surface area (Å²) >= 11 is 3.34. The molecule has 2 aromatic carbocycles. The van der Waals surface area contributed by atoms with Gasteiger partial charge in [-0.1, -0.05) is 28.9 Å². The zero-order valence-corrected chi connectivity index (χ0v) is 17.5. The number of benzene rings is 2. The Morgan fingerprint density at radius 1 is 1.17 bits per heavy atom. The highest BCUT2D eigenvalue weighted by molar-refractivity contribution is 9.10. The monoisotopic (exact) mass is 485 g/mol. The van der Waals surface area contributed by atoms with E-state index in [0.29, 0.717) is 17.9 Å². The normalized spacial score (nSPS) is 11.4. The van der Waals surface area contributed by atoms with Crippen LogP contribution in [0.15, 0.2) is 52.0 Å². The van der Waals surface area contributed by atoms with Crippen LogP contribution < -0.4 is 15.5 Å². The number of amides is 2. The Kier molecular flexibility index (Phi) is 8.40. The Hall–Kier alpha value is -2.88. The van der Waals surface area contributed by atoms with Gasteiger partial charge >= 0.3 is 6.18 Å². The number of hydrogen-bond donors (Lipinski definition) is 2. The molecule has 0 radical (unpaired) electrons. The van der Waals surface area contributed by atoms with E-state index in [1.807, 2.05) is 6.92 Å². The van der Waals surface area contributed by atoms with Crippen LogP contribution in [0.5, 0.6) is 5.75 Å². The number of ether oxygens (including phenoxy) is 1. The fourth-order valence-corrected chi connectivity index (χ4v) is 2.68. The number of hydrogen-bond acceptors (Lipinski definition) is 4. The van der Waals surface area contributed by atoms with Gasteiger partial charge in [0.2, 0.25) is 11.8 Å². The largest absolute Gasteiger partial charge is 0.493 e. The van der Waals surface area contributed by atoms with Crippen LogP contribution in [0, 0.1) is 0 Å². The molecule has 0 saturated carbocycles. The maximum absolute atomic E-state index is 12.7. The fourth-order valence-electron chi connectivity index (χ4n) is 2.30. The zero-order valence-electron chi connectivity index (χ0n) is 15.9. The summed E-state index contributed by atoms with van der Waals surface area (Å²) in [4.78, 5) is 23.8. The minimum atomic E-state index is -4.53. The van der Waals surface area contributed by atoms with Gasteiger partial charge in [0.1, 0.15) is 12.2 Å². The van der Waals surface area contributed by atoms with Gasteiger partial charge < -0.3 is 10.1 Å². The molecule has 0 aromatic heterocycles. The molecule has 0 unspecified atom stereocenters. The molecule has 2 aromatic rings. The van der Waals surface area contributed by atoms with Gasteiger partial charge in [0.15, 0.2) is 0 Å². The van der Waals surface area contributed by atoms with Gasteiger partial charge in [-0.05, 0) is 42.8 Å². The summed E-state index contributed by atoms with van der Waals surface area (Å²) < 4.78 is 44.5. The van der Waals surface area contributed by atoms with Gasteiger partial charge in [-0.25, -0.2) is 5.43 Å². The lowest BCUT2D eigenvalue weighted by atomic mass is 10.2. The second kappa shape index (κ2) is 10.8. The molecule has 0 fully saturated rings. The number of halogens is 4. The molecular formula is C20H19BrF3N3O3. The van der Waals surface area contributed by atoms with Crippen molar-refractivity contribution in [1.29, 1.82) is 0 Å². The highest BCUT2D eigenvalue weighted by Crippen LogP contribution is 2.30. The number of anilines is 1. The van der Waals surface area contributed by atoms with Crippen LogP contribution in [0.4, 0.5) is 18.9 Å².